The predicted octanol–water partition coefficient (Wildman–Crippen LogP) is 2.38. The quantitative estimate of drug-likeness (QED) is 0.647. The number of hydrogen-bond acceptors (Lipinski definition) is 2. The van der Waals surface area contributed by atoms with Crippen LogP contribution in [0.1, 0.15) is 24.1 Å². The largest absolute Gasteiger partial charge is 0.481 e. The molecule has 0 saturated heterocycles. The second-order valence-corrected chi connectivity index (χ2v) is 2.90. The van der Waals surface area contributed by atoms with Crippen molar-refractivity contribution in [3.63, 3.8) is 0 Å². The zero-order valence-corrected chi connectivity index (χ0v) is 8.03. The van der Waals surface area contributed by atoms with Gasteiger partial charge in [0.25, 0.3) is 0 Å². The highest BCUT2D eigenvalue weighted by molar-refractivity contribution is 5.30. The third-order valence-electron chi connectivity index (χ3n) is 1.92. The van der Waals surface area contributed by atoms with Gasteiger partial charge in [0.1, 0.15) is 0 Å². The van der Waals surface area contributed by atoms with Crippen LogP contribution < -0.4 is 4.74 Å². The Morgan fingerprint density at radius 1 is 1.62 bits per heavy atom. The highest BCUT2D eigenvalue weighted by Gasteiger charge is 2.10. The number of rotatable bonds is 2. The molecule has 1 aromatic heterocycles. The number of aryl methyl sites for hydroxylation is 1. The summed E-state index contributed by atoms with van der Waals surface area (Å²) in [4.78, 5) is 7.52. The van der Waals surface area contributed by atoms with E-state index in [2.05, 4.69) is 9.83 Å². The lowest BCUT2D eigenvalue weighted by molar-refractivity contribution is 0.394. The Kier molecular flexibility index (Phi) is 2.86. The Labute approximate surface area is 78.2 Å². The van der Waals surface area contributed by atoms with Gasteiger partial charge in [0.15, 0.2) is 0 Å². The molecule has 0 aliphatic rings. The normalized spacial score (nSPS) is 11.8. The molecule has 0 radical (unpaired) electrons. The average molecular weight is 176 g/mol. The molecule has 0 amide bonds. The van der Waals surface area contributed by atoms with Crippen LogP contribution in [0.25, 0.3) is 4.85 Å². The number of pyridine rings is 1. The maximum absolute atomic E-state index is 6.88. The molecular formula is C10H12N2O. The van der Waals surface area contributed by atoms with Crippen molar-refractivity contribution in [2.45, 2.75) is 19.9 Å². The summed E-state index contributed by atoms with van der Waals surface area (Å²) in [5.74, 6) is 0.626. The van der Waals surface area contributed by atoms with E-state index in [4.69, 9.17) is 11.3 Å². The number of ether oxygens (including phenoxy) is 1. The first-order chi connectivity index (χ1) is 6.19. The molecule has 3 heteroatoms. The molecule has 0 spiro atoms. The molecular weight excluding hydrogens is 164 g/mol. The van der Waals surface area contributed by atoms with Gasteiger partial charge >= 0.3 is 0 Å². The minimum Gasteiger partial charge on any atom is -0.481 e. The van der Waals surface area contributed by atoms with E-state index in [1.165, 1.54) is 0 Å². The van der Waals surface area contributed by atoms with E-state index in [0.717, 1.165) is 11.1 Å². The van der Waals surface area contributed by atoms with Gasteiger partial charge in [0.2, 0.25) is 11.9 Å². The van der Waals surface area contributed by atoms with Crippen LogP contribution >= 0.6 is 0 Å². The molecule has 0 N–H and O–H groups in total. The standard InChI is InChI=1S/C10H12N2O/c1-7-5-9(8(2)11-3)6-12-10(7)13-4/h5-6,8H,1-2,4H3. The lowest BCUT2D eigenvalue weighted by Crippen LogP contribution is -1.95. The van der Waals surface area contributed by atoms with E-state index in [9.17, 15) is 0 Å². The highest BCUT2D eigenvalue weighted by Crippen LogP contribution is 2.21. The third-order valence-corrected chi connectivity index (χ3v) is 1.92. The summed E-state index contributed by atoms with van der Waals surface area (Å²) in [6.45, 7) is 10.7. The fraction of sp³-hybridized carbons (Fsp3) is 0.400. The Bertz CT molecular complexity index is 341. The van der Waals surface area contributed by atoms with Crippen LogP contribution in [0.2, 0.25) is 0 Å². The number of methoxy groups -OCH3 is 1. The Morgan fingerprint density at radius 2 is 2.31 bits per heavy atom. The first-order valence-electron chi connectivity index (χ1n) is 4.06. The van der Waals surface area contributed by atoms with Crippen molar-refractivity contribution in [2.75, 3.05) is 7.11 Å². The molecule has 3 nitrogen and oxygen atoms in total. The van der Waals surface area contributed by atoms with E-state index >= 15 is 0 Å². The van der Waals surface area contributed by atoms with E-state index in [-0.39, 0.29) is 6.04 Å². The first-order valence-corrected chi connectivity index (χ1v) is 4.06. The Balaban J connectivity index is 3.04. The van der Waals surface area contributed by atoms with Gasteiger partial charge in [0, 0.05) is 18.7 Å². The number of nitrogens with zero attached hydrogens (tertiary/aromatic N) is 2. The second kappa shape index (κ2) is 3.90. The van der Waals surface area contributed by atoms with Crippen molar-refractivity contribution in [3.8, 4) is 5.88 Å². The molecule has 0 aliphatic carbocycles. The maximum Gasteiger partial charge on any atom is 0.247 e. The molecule has 0 saturated carbocycles. The van der Waals surface area contributed by atoms with Crippen molar-refractivity contribution >= 4 is 0 Å². The minimum absolute atomic E-state index is 0.128. The zero-order chi connectivity index (χ0) is 9.84. The zero-order valence-electron chi connectivity index (χ0n) is 8.03. The minimum atomic E-state index is -0.128. The summed E-state index contributed by atoms with van der Waals surface area (Å²) in [7, 11) is 1.59. The van der Waals surface area contributed by atoms with Gasteiger partial charge in [-0.05, 0) is 13.0 Å². The molecule has 0 bridgehead atoms. The Morgan fingerprint density at radius 3 is 2.77 bits per heavy atom. The molecule has 68 valence electrons. The van der Waals surface area contributed by atoms with Crippen LogP contribution in [0.3, 0.4) is 0 Å². The fourth-order valence-electron chi connectivity index (χ4n) is 1.10. The molecule has 1 aromatic rings. The molecule has 1 atom stereocenters. The molecule has 0 aromatic carbocycles. The summed E-state index contributed by atoms with van der Waals surface area (Å²) in [5, 5.41) is 0. The van der Waals surface area contributed by atoms with Crippen LogP contribution in [0, 0.1) is 13.5 Å². The van der Waals surface area contributed by atoms with Crippen LogP contribution in [0.15, 0.2) is 12.3 Å². The summed E-state index contributed by atoms with van der Waals surface area (Å²) < 4.78 is 5.02. The van der Waals surface area contributed by atoms with E-state index in [1.54, 1.807) is 13.3 Å². The maximum atomic E-state index is 6.88. The summed E-state index contributed by atoms with van der Waals surface area (Å²) in [6.07, 6.45) is 1.69. The molecule has 0 fully saturated rings. The molecule has 1 unspecified atom stereocenters. The summed E-state index contributed by atoms with van der Waals surface area (Å²) in [6, 6.07) is 1.81. The third kappa shape index (κ3) is 1.97. The number of hydrogen-bond donors (Lipinski definition) is 0. The molecule has 1 rings (SSSR count). The first kappa shape index (κ1) is 9.53. The van der Waals surface area contributed by atoms with E-state index in [0.29, 0.717) is 5.88 Å². The van der Waals surface area contributed by atoms with Crippen molar-refractivity contribution in [3.05, 3.63) is 34.8 Å². The topological polar surface area (TPSA) is 26.5 Å². The monoisotopic (exact) mass is 176 g/mol. The van der Waals surface area contributed by atoms with Crippen LogP contribution in [-0.2, 0) is 0 Å². The van der Waals surface area contributed by atoms with E-state index in [1.807, 2.05) is 19.9 Å². The fourth-order valence-corrected chi connectivity index (χ4v) is 1.10. The Hall–Kier alpha value is -1.56. The van der Waals surface area contributed by atoms with E-state index < -0.39 is 0 Å². The highest BCUT2D eigenvalue weighted by atomic mass is 16.5. The van der Waals surface area contributed by atoms with Crippen molar-refractivity contribution < 1.29 is 4.74 Å². The van der Waals surface area contributed by atoms with Gasteiger partial charge in [-0.25, -0.2) is 11.6 Å². The average Bonchev–Trinajstić information content (AvgIpc) is 2.16. The predicted molar refractivity (Wildman–Crippen MR) is 50.5 cm³/mol. The van der Waals surface area contributed by atoms with Gasteiger partial charge in [-0.3, -0.25) is 0 Å². The van der Waals surface area contributed by atoms with Gasteiger partial charge in [-0.1, -0.05) is 0 Å². The number of aromatic nitrogens is 1. The molecule has 1 heterocycles. The van der Waals surface area contributed by atoms with Crippen molar-refractivity contribution in [1.29, 1.82) is 0 Å². The molecule has 0 aliphatic heterocycles. The van der Waals surface area contributed by atoms with Crippen LogP contribution in [0.4, 0.5) is 0 Å². The van der Waals surface area contributed by atoms with Crippen LogP contribution in [-0.4, -0.2) is 12.1 Å². The van der Waals surface area contributed by atoms with Gasteiger partial charge in [-0.15, -0.1) is 0 Å². The van der Waals surface area contributed by atoms with Gasteiger partial charge < -0.3 is 9.58 Å². The summed E-state index contributed by atoms with van der Waals surface area (Å²) >= 11 is 0. The SMILES string of the molecule is [C-]#[N+]C(C)c1cnc(OC)c(C)c1. The smallest absolute Gasteiger partial charge is 0.247 e. The lowest BCUT2D eigenvalue weighted by atomic mass is 10.1. The van der Waals surface area contributed by atoms with Gasteiger partial charge in [-0.2, -0.15) is 0 Å². The second-order valence-electron chi connectivity index (χ2n) is 2.90. The van der Waals surface area contributed by atoms with Crippen molar-refractivity contribution in [1.82, 2.24) is 4.98 Å². The summed E-state index contributed by atoms with van der Waals surface area (Å²) in [5.41, 5.74) is 1.91. The lowest BCUT2D eigenvalue weighted by Gasteiger charge is -2.04. The van der Waals surface area contributed by atoms with Crippen LogP contribution in [0.5, 0.6) is 5.88 Å². The molecule has 13 heavy (non-hydrogen) atoms. The van der Waals surface area contributed by atoms with Gasteiger partial charge in [0.05, 0.1) is 12.7 Å². The van der Waals surface area contributed by atoms with Crippen molar-refractivity contribution in [2.24, 2.45) is 0 Å².